The molecule has 3 nitrogen and oxygen atoms in total. The number of rotatable bonds is 1. The van der Waals surface area contributed by atoms with Gasteiger partial charge in [0, 0.05) is 32.2 Å². The summed E-state index contributed by atoms with van der Waals surface area (Å²) >= 11 is 0. The lowest BCUT2D eigenvalue weighted by Gasteiger charge is -2.43. The predicted molar refractivity (Wildman–Crippen MR) is 48.3 cm³/mol. The summed E-state index contributed by atoms with van der Waals surface area (Å²) in [7, 11) is 0. The van der Waals surface area contributed by atoms with Crippen molar-refractivity contribution in [2.45, 2.75) is 13.0 Å². The first-order valence-corrected chi connectivity index (χ1v) is 4.94. The zero-order valence-corrected chi connectivity index (χ0v) is 7.83. The molecule has 0 aliphatic carbocycles. The van der Waals surface area contributed by atoms with Gasteiger partial charge in [0.15, 0.2) is 0 Å². The van der Waals surface area contributed by atoms with Gasteiger partial charge < -0.3 is 9.64 Å². The average Bonchev–Trinajstić information content (AvgIpc) is 2.17. The molecule has 2 heterocycles. The van der Waals surface area contributed by atoms with Gasteiger partial charge in [-0.05, 0) is 6.54 Å². The predicted octanol–water partition coefficient (Wildman–Crippen LogP) is 0.0227. The summed E-state index contributed by atoms with van der Waals surface area (Å²) in [5.41, 5.74) is 0. The first-order chi connectivity index (χ1) is 5.90. The largest absolute Gasteiger partial charge is 0.378 e. The molecule has 0 amide bonds. The minimum absolute atomic E-state index is 0.674. The summed E-state index contributed by atoms with van der Waals surface area (Å²) in [5.74, 6) is 0. The molecule has 70 valence electrons. The molecule has 0 radical (unpaired) electrons. The Morgan fingerprint density at radius 1 is 1.33 bits per heavy atom. The quantitative estimate of drug-likeness (QED) is 0.552. The number of fused-ring (bicyclic) bond motifs is 1. The van der Waals surface area contributed by atoms with E-state index in [-0.39, 0.29) is 0 Å². The Kier molecular flexibility index (Phi) is 2.63. The fourth-order valence-electron chi connectivity index (χ4n) is 2.10. The molecule has 0 aromatic carbocycles. The molecule has 0 saturated carbocycles. The van der Waals surface area contributed by atoms with E-state index in [0.29, 0.717) is 6.04 Å². The number of likely N-dealkylation sites (N-methyl/N-ethyl adjacent to an activating group) is 1. The number of morpholine rings is 1. The lowest BCUT2D eigenvalue weighted by molar-refractivity contribution is -0.0435. The Morgan fingerprint density at radius 3 is 3.08 bits per heavy atom. The van der Waals surface area contributed by atoms with Crippen LogP contribution in [0.5, 0.6) is 0 Å². The van der Waals surface area contributed by atoms with Crippen LogP contribution in [0.3, 0.4) is 0 Å². The second-order valence-corrected chi connectivity index (χ2v) is 3.66. The molecule has 2 aliphatic rings. The van der Waals surface area contributed by atoms with Crippen molar-refractivity contribution in [2.75, 3.05) is 45.9 Å². The zero-order chi connectivity index (χ0) is 8.39. The first-order valence-electron chi connectivity index (χ1n) is 4.94. The van der Waals surface area contributed by atoms with E-state index >= 15 is 0 Å². The van der Waals surface area contributed by atoms with E-state index < -0.39 is 0 Å². The molecule has 0 unspecified atom stereocenters. The van der Waals surface area contributed by atoms with Gasteiger partial charge in [-0.15, -0.1) is 0 Å². The maximum Gasteiger partial charge on any atom is 0.0634 e. The highest BCUT2D eigenvalue weighted by Gasteiger charge is 2.28. The monoisotopic (exact) mass is 170 g/mol. The van der Waals surface area contributed by atoms with E-state index in [4.69, 9.17) is 4.74 Å². The van der Waals surface area contributed by atoms with E-state index in [1.54, 1.807) is 0 Å². The van der Waals surface area contributed by atoms with E-state index in [1.165, 1.54) is 26.2 Å². The third kappa shape index (κ3) is 1.63. The Hall–Kier alpha value is -0.120. The molecule has 1 atom stereocenters. The van der Waals surface area contributed by atoms with Gasteiger partial charge in [0.05, 0.1) is 13.2 Å². The van der Waals surface area contributed by atoms with Crippen LogP contribution in [0.2, 0.25) is 0 Å². The van der Waals surface area contributed by atoms with Crippen LogP contribution >= 0.6 is 0 Å². The SMILES string of the molecule is CCN1CCN2CCOC[C@@H]2C1. The van der Waals surface area contributed by atoms with Crippen molar-refractivity contribution in [3.8, 4) is 0 Å². The maximum absolute atomic E-state index is 5.46. The van der Waals surface area contributed by atoms with Crippen LogP contribution in [-0.4, -0.2) is 61.8 Å². The number of piperazine rings is 1. The van der Waals surface area contributed by atoms with Gasteiger partial charge in [-0.1, -0.05) is 6.92 Å². The minimum atomic E-state index is 0.674. The summed E-state index contributed by atoms with van der Waals surface area (Å²) in [6.45, 7) is 10.1. The molecule has 12 heavy (non-hydrogen) atoms. The highest BCUT2D eigenvalue weighted by Crippen LogP contribution is 2.12. The number of nitrogens with zero attached hydrogens (tertiary/aromatic N) is 2. The lowest BCUT2D eigenvalue weighted by Crippen LogP contribution is -2.57. The third-order valence-electron chi connectivity index (χ3n) is 2.97. The molecule has 2 rings (SSSR count). The average molecular weight is 170 g/mol. The topological polar surface area (TPSA) is 15.7 Å². The molecular weight excluding hydrogens is 152 g/mol. The summed E-state index contributed by atoms with van der Waals surface area (Å²) < 4.78 is 5.46. The third-order valence-corrected chi connectivity index (χ3v) is 2.97. The lowest BCUT2D eigenvalue weighted by atomic mass is 10.1. The standard InChI is InChI=1S/C9H18N2O/c1-2-10-3-4-11-5-6-12-8-9(11)7-10/h9H,2-8H2,1H3/t9-/m0/s1. The highest BCUT2D eigenvalue weighted by molar-refractivity contribution is 4.83. The summed E-state index contributed by atoms with van der Waals surface area (Å²) in [5, 5.41) is 0. The van der Waals surface area contributed by atoms with E-state index in [0.717, 1.165) is 19.8 Å². The molecular formula is C9H18N2O. The summed E-state index contributed by atoms with van der Waals surface area (Å²) in [6.07, 6.45) is 0. The van der Waals surface area contributed by atoms with Crippen LogP contribution in [0.15, 0.2) is 0 Å². The van der Waals surface area contributed by atoms with Gasteiger partial charge in [0.1, 0.15) is 0 Å². The number of hydrogen-bond donors (Lipinski definition) is 0. The van der Waals surface area contributed by atoms with E-state index in [1.807, 2.05) is 0 Å². The Morgan fingerprint density at radius 2 is 2.25 bits per heavy atom. The van der Waals surface area contributed by atoms with Gasteiger partial charge in [0.2, 0.25) is 0 Å². The fraction of sp³-hybridized carbons (Fsp3) is 1.00. The molecule has 2 aliphatic heterocycles. The number of ether oxygens (including phenoxy) is 1. The Labute approximate surface area is 74.3 Å². The molecule has 0 aromatic rings. The number of hydrogen-bond acceptors (Lipinski definition) is 3. The van der Waals surface area contributed by atoms with Crippen LogP contribution in [0.1, 0.15) is 6.92 Å². The summed E-state index contributed by atoms with van der Waals surface area (Å²) in [6, 6.07) is 0.674. The van der Waals surface area contributed by atoms with Crippen molar-refractivity contribution in [2.24, 2.45) is 0 Å². The molecule has 2 fully saturated rings. The van der Waals surface area contributed by atoms with Crippen molar-refractivity contribution in [1.29, 1.82) is 0 Å². The normalized spacial score (nSPS) is 33.2. The van der Waals surface area contributed by atoms with E-state index in [2.05, 4.69) is 16.7 Å². The van der Waals surface area contributed by atoms with Crippen LogP contribution < -0.4 is 0 Å². The van der Waals surface area contributed by atoms with Crippen LogP contribution in [-0.2, 0) is 4.74 Å². The molecule has 3 heteroatoms. The van der Waals surface area contributed by atoms with Crippen molar-refractivity contribution >= 4 is 0 Å². The second kappa shape index (κ2) is 3.73. The van der Waals surface area contributed by atoms with Crippen LogP contribution in [0.4, 0.5) is 0 Å². The van der Waals surface area contributed by atoms with Crippen molar-refractivity contribution < 1.29 is 4.74 Å². The Balaban J connectivity index is 1.90. The molecule has 0 spiro atoms. The molecule has 0 aromatic heterocycles. The smallest absolute Gasteiger partial charge is 0.0634 e. The van der Waals surface area contributed by atoms with Gasteiger partial charge in [-0.3, -0.25) is 4.90 Å². The minimum Gasteiger partial charge on any atom is -0.378 e. The fourth-order valence-corrected chi connectivity index (χ4v) is 2.10. The zero-order valence-electron chi connectivity index (χ0n) is 7.83. The van der Waals surface area contributed by atoms with Crippen molar-refractivity contribution in [1.82, 2.24) is 9.80 Å². The highest BCUT2D eigenvalue weighted by atomic mass is 16.5. The summed E-state index contributed by atoms with van der Waals surface area (Å²) in [4.78, 5) is 5.07. The van der Waals surface area contributed by atoms with E-state index in [9.17, 15) is 0 Å². The van der Waals surface area contributed by atoms with Crippen molar-refractivity contribution in [3.63, 3.8) is 0 Å². The Bertz CT molecular complexity index is 151. The molecule has 0 N–H and O–H groups in total. The van der Waals surface area contributed by atoms with Crippen molar-refractivity contribution in [3.05, 3.63) is 0 Å². The molecule has 0 bridgehead atoms. The van der Waals surface area contributed by atoms with Gasteiger partial charge >= 0.3 is 0 Å². The van der Waals surface area contributed by atoms with Gasteiger partial charge in [-0.2, -0.15) is 0 Å². The maximum atomic E-state index is 5.46. The molecule has 2 saturated heterocycles. The second-order valence-electron chi connectivity index (χ2n) is 3.66. The van der Waals surface area contributed by atoms with Crippen LogP contribution in [0.25, 0.3) is 0 Å². The van der Waals surface area contributed by atoms with Gasteiger partial charge in [-0.25, -0.2) is 0 Å². The first kappa shape index (κ1) is 8.48. The van der Waals surface area contributed by atoms with Gasteiger partial charge in [0.25, 0.3) is 0 Å². The van der Waals surface area contributed by atoms with Crippen LogP contribution in [0, 0.1) is 0 Å².